The molecule has 1 saturated heterocycles. The predicted octanol–water partition coefficient (Wildman–Crippen LogP) is 0.699. The molecule has 2 amide bonds. The minimum absolute atomic E-state index is 0.0191. The van der Waals surface area contributed by atoms with Gasteiger partial charge in [0.05, 0.1) is 6.42 Å². The number of carbonyl (C=O) groups excluding carboxylic acids is 5. The Balaban J connectivity index is 2.38. The van der Waals surface area contributed by atoms with Crippen LogP contribution in [0.4, 0.5) is 0 Å². The maximum Gasteiger partial charge on any atom is 0.333 e. The molecule has 0 aromatic rings. The number of carbonyl (C=O) groups is 5. The number of methoxy groups -OCH3 is 2. The van der Waals surface area contributed by atoms with Crippen LogP contribution in [0.3, 0.4) is 0 Å². The van der Waals surface area contributed by atoms with Crippen LogP contribution in [0.2, 0.25) is 0 Å². The molecule has 1 aliphatic heterocycles. The molecule has 0 aromatic carbocycles. The highest BCUT2D eigenvalue weighted by Crippen LogP contribution is 2.13. The van der Waals surface area contributed by atoms with E-state index in [0.717, 1.165) is 0 Å². The van der Waals surface area contributed by atoms with Crippen molar-refractivity contribution in [1.82, 2.24) is 5.06 Å². The number of amides is 2. The molecular weight excluding hydrogens is 442 g/mol. The molecule has 188 valence electrons. The first-order chi connectivity index (χ1) is 15.9. The number of rotatable bonds is 18. The highest BCUT2D eigenvalue weighted by molar-refractivity contribution is 6.01. The molecule has 1 aliphatic rings. The molecule has 0 bridgehead atoms. The summed E-state index contributed by atoms with van der Waals surface area (Å²) in [6, 6.07) is 0. The van der Waals surface area contributed by atoms with Crippen LogP contribution in [-0.4, -0.2) is 88.1 Å². The molecule has 0 saturated carbocycles. The zero-order chi connectivity index (χ0) is 24.5. The second-order valence-corrected chi connectivity index (χ2v) is 7.20. The third-order valence-corrected chi connectivity index (χ3v) is 4.40. The Morgan fingerprint density at radius 2 is 1.21 bits per heavy atom. The summed E-state index contributed by atoms with van der Waals surface area (Å²) in [6.07, 6.45) is 0.816. The van der Waals surface area contributed by atoms with Gasteiger partial charge in [-0.05, 0) is 19.3 Å². The summed E-state index contributed by atoms with van der Waals surface area (Å²) >= 11 is 0. The van der Waals surface area contributed by atoms with E-state index < -0.39 is 35.8 Å². The highest BCUT2D eigenvalue weighted by atomic mass is 16.7. The Hall–Kier alpha value is -2.57. The largest absolute Gasteiger partial charge is 0.463 e. The summed E-state index contributed by atoms with van der Waals surface area (Å²) < 4.78 is 25.7. The number of hydrogen-bond acceptors (Lipinski definition) is 11. The second-order valence-electron chi connectivity index (χ2n) is 7.20. The van der Waals surface area contributed by atoms with Gasteiger partial charge in [0.15, 0.2) is 0 Å². The van der Waals surface area contributed by atoms with Crippen molar-refractivity contribution < 1.29 is 52.5 Å². The minimum Gasteiger partial charge on any atom is -0.463 e. The number of hydrogen-bond donors (Lipinski definition) is 0. The molecule has 0 aliphatic carbocycles. The van der Waals surface area contributed by atoms with Gasteiger partial charge in [0.2, 0.25) is 0 Å². The van der Waals surface area contributed by atoms with E-state index in [1.54, 1.807) is 0 Å². The molecule has 0 spiro atoms. The average molecular weight is 475 g/mol. The van der Waals surface area contributed by atoms with E-state index in [1.807, 2.05) is 0 Å². The van der Waals surface area contributed by atoms with Crippen LogP contribution in [0.1, 0.15) is 51.4 Å². The summed E-state index contributed by atoms with van der Waals surface area (Å²) in [5.74, 6) is -2.72. The molecule has 12 nitrogen and oxygen atoms in total. The number of hydroxylamine groups is 2. The molecule has 1 fully saturated rings. The van der Waals surface area contributed by atoms with Gasteiger partial charge in [0, 0.05) is 59.7 Å². The molecule has 0 radical (unpaired) electrons. The summed E-state index contributed by atoms with van der Waals surface area (Å²) in [5.41, 5.74) is 0. The first-order valence-electron chi connectivity index (χ1n) is 10.8. The van der Waals surface area contributed by atoms with Gasteiger partial charge in [-0.2, -0.15) is 0 Å². The molecule has 0 unspecified atom stereocenters. The van der Waals surface area contributed by atoms with E-state index in [-0.39, 0.29) is 58.3 Å². The Kier molecular flexibility index (Phi) is 14.6. The van der Waals surface area contributed by atoms with E-state index in [4.69, 9.17) is 28.5 Å². The van der Waals surface area contributed by atoms with Gasteiger partial charge < -0.3 is 28.5 Å². The third kappa shape index (κ3) is 12.9. The highest BCUT2D eigenvalue weighted by Gasteiger charge is 2.32. The SMILES string of the molecule is COCCCC(=O)OCC(COC(=O)CCCOC)OCCCC(=O)ON1C(=O)CCC1=O. The van der Waals surface area contributed by atoms with Gasteiger partial charge in [0.25, 0.3) is 11.8 Å². The second kappa shape index (κ2) is 17.0. The van der Waals surface area contributed by atoms with Crippen LogP contribution >= 0.6 is 0 Å². The predicted molar refractivity (Wildman–Crippen MR) is 110 cm³/mol. The van der Waals surface area contributed by atoms with Crippen molar-refractivity contribution in [3.05, 3.63) is 0 Å². The zero-order valence-corrected chi connectivity index (χ0v) is 19.2. The first kappa shape index (κ1) is 28.5. The minimum atomic E-state index is -0.743. The van der Waals surface area contributed by atoms with E-state index >= 15 is 0 Å². The maximum absolute atomic E-state index is 11.8. The van der Waals surface area contributed by atoms with Gasteiger partial charge >= 0.3 is 17.9 Å². The fourth-order valence-electron chi connectivity index (χ4n) is 2.65. The Morgan fingerprint density at radius 3 is 1.70 bits per heavy atom. The molecule has 1 heterocycles. The Bertz CT molecular complexity index is 610. The fraction of sp³-hybridized carbons (Fsp3) is 0.762. The van der Waals surface area contributed by atoms with E-state index in [9.17, 15) is 24.0 Å². The standard InChI is InChI=1S/C21H33NO11/c1-28-11-3-6-19(25)31-14-16(15-32-20(26)7-4-12-29-2)30-13-5-8-21(27)33-22-17(23)9-10-18(22)24/h16H,3-15H2,1-2H3. The topological polar surface area (TPSA) is 144 Å². The molecule has 1 rings (SSSR count). The monoisotopic (exact) mass is 475 g/mol. The van der Waals surface area contributed by atoms with Gasteiger partial charge in [-0.15, -0.1) is 5.06 Å². The molecular formula is C21H33NO11. The van der Waals surface area contributed by atoms with Crippen LogP contribution in [0, 0.1) is 0 Å². The number of imide groups is 1. The van der Waals surface area contributed by atoms with Gasteiger partial charge in [-0.1, -0.05) is 0 Å². The molecule has 0 N–H and O–H groups in total. The third-order valence-electron chi connectivity index (χ3n) is 4.40. The van der Waals surface area contributed by atoms with Crippen LogP contribution in [0.25, 0.3) is 0 Å². The lowest BCUT2D eigenvalue weighted by molar-refractivity contribution is -0.197. The Morgan fingerprint density at radius 1 is 0.758 bits per heavy atom. The number of esters is 2. The number of ether oxygens (including phenoxy) is 5. The first-order valence-corrected chi connectivity index (χ1v) is 10.8. The van der Waals surface area contributed by atoms with Crippen molar-refractivity contribution in [2.75, 3.05) is 47.3 Å². The fourth-order valence-corrected chi connectivity index (χ4v) is 2.65. The van der Waals surface area contributed by atoms with E-state index in [0.29, 0.717) is 31.1 Å². The van der Waals surface area contributed by atoms with Gasteiger partial charge in [-0.25, -0.2) is 4.79 Å². The van der Waals surface area contributed by atoms with Crippen LogP contribution < -0.4 is 0 Å². The van der Waals surface area contributed by atoms with Crippen molar-refractivity contribution in [2.24, 2.45) is 0 Å². The van der Waals surface area contributed by atoms with E-state index in [1.165, 1.54) is 14.2 Å². The lowest BCUT2D eigenvalue weighted by atomic mass is 10.3. The van der Waals surface area contributed by atoms with Crippen molar-refractivity contribution in [3.8, 4) is 0 Å². The van der Waals surface area contributed by atoms with Gasteiger partial charge in [0.1, 0.15) is 19.3 Å². The average Bonchev–Trinajstić information content (AvgIpc) is 3.10. The normalized spacial score (nSPS) is 13.5. The maximum atomic E-state index is 11.8. The van der Waals surface area contributed by atoms with Gasteiger partial charge in [-0.3, -0.25) is 19.2 Å². The van der Waals surface area contributed by atoms with Crippen molar-refractivity contribution in [3.63, 3.8) is 0 Å². The van der Waals surface area contributed by atoms with Crippen molar-refractivity contribution in [1.29, 1.82) is 0 Å². The van der Waals surface area contributed by atoms with Crippen LogP contribution in [0.15, 0.2) is 0 Å². The van der Waals surface area contributed by atoms with Crippen molar-refractivity contribution >= 4 is 29.7 Å². The smallest absolute Gasteiger partial charge is 0.333 e. The Labute approximate surface area is 192 Å². The van der Waals surface area contributed by atoms with Crippen LogP contribution in [0.5, 0.6) is 0 Å². The number of nitrogens with zero attached hydrogens (tertiary/aromatic N) is 1. The molecule has 12 heteroatoms. The van der Waals surface area contributed by atoms with Crippen molar-refractivity contribution in [2.45, 2.75) is 57.5 Å². The lowest BCUT2D eigenvalue weighted by Crippen LogP contribution is -2.32. The van der Waals surface area contributed by atoms with Crippen LogP contribution in [-0.2, 0) is 52.5 Å². The quantitative estimate of drug-likeness (QED) is 0.157. The summed E-state index contributed by atoms with van der Waals surface area (Å²) in [5, 5.41) is 0.484. The molecule has 0 atom stereocenters. The molecule has 0 aromatic heterocycles. The summed E-state index contributed by atoms with van der Waals surface area (Å²) in [7, 11) is 3.07. The molecule has 33 heavy (non-hydrogen) atoms. The lowest BCUT2D eigenvalue weighted by Gasteiger charge is -2.18. The summed E-state index contributed by atoms with van der Waals surface area (Å²) in [4.78, 5) is 63.1. The zero-order valence-electron chi connectivity index (χ0n) is 19.2. The summed E-state index contributed by atoms with van der Waals surface area (Å²) in [6.45, 7) is 0.679. The van der Waals surface area contributed by atoms with E-state index in [2.05, 4.69) is 0 Å².